The highest BCUT2D eigenvalue weighted by Crippen LogP contribution is 2.31. The summed E-state index contributed by atoms with van der Waals surface area (Å²) in [6.45, 7) is 4.32. The van der Waals surface area contributed by atoms with Crippen LogP contribution in [0.25, 0.3) is 11.4 Å². The summed E-state index contributed by atoms with van der Waals surface area (Å²) >= 11 is 3.90. The van der Waals surface area contributed by atoms with E-state index < -0.39 is 12.1 Å². The minimum atomic E-state index is -4.62. The average molecular weight is 442 g/mol. The lowest BCUT2D eigenvalue weighted by Crippen LogP contribution is -2.04. The number of thioether (sulfide) groups is 1. The number of halogens is 4. The van der Waals surface area contributed by atoms with E-state index in [2.05, 4.69) is 51.1 Å². The number of alkyl halides is 3. The fourth-order valence-electron chi connectivity index (χ4n) is 1.69. The molecule has 1 aromatic heterocycles. The average Bonchev–Trinajstić information content (AvgIpc) is 2.87. The van der Waals surface area contributed by atoms with Crippen LogP contribution < -0.4 is 0 Å². The Morgan fingerprint density at radius 1 is 1.32 bits per heavy atom. The Labute approximate surface area is 144 Å². The number of hydrogen-bond acceptors (Lipinski definition) is 4. The summed E-state index contributed by atoms with van der Waals surface area (Å²) in [6.07, 6.45) is -4.62. The topological polar surface area (TPSA) is 38.9 Å². The van der Waals surface area contributed by atoms with E-state index in [1.807, 2.05) is 23.9 Å². The molecule has 1 aromatic carbocycles. The van der Waals surface area contributed by atoms with Crippen molar-refractivity contribution < 1.29 is 17.7 Å². The fourth-order valence-corrected chi connectivity index (χ4v) is 3.52. The van der Waals surface area contributed by atoms with Gasteiger partial charge in [0.15, 0.2) is 0 Å². The summed E-state index contributed by atoms with van der Waals surface area (Å²) in [7, 11) is 0. The SMILES string of the molecule is CC(C)CSCc1ccc(-c2noc(C(F)(F)F)n2)c(I)c1. The van der Waals surface area contributed by atoms with Gasteiger partial charge in [-0.05, 0) is 52.0 Å². The second kappa shape index (κ2) is 7.20. The molecule has 0 saturated heterocycles. The zero-order chi connectivity index (χ0) is 16.3. The molecule has 0 N–H and O–H groups in total. The van der Waals surface area contributed by atoms with Gasteiger partial charge >= 0.3 is 12.1 Å². The van der Waals surface area contributed by atoms with Gasteiger partial charge in [0, 0.05) is 14.9 Å². The summed E-state index contributed by atoms with van der Waals surface area (Å²) in [6, 6.07) is 5.55. The lowest BCUT2D eigenvalue weighted by molar-refractivity contribution is -0.159. The van der Waals surface area contributed by atoms with Crippen LogP contribution in [0, 0.1) is 9.49 Å². The molecule has 3 nitrogen and oxygen atoms in total. The maximum atomic E-state index is 12.5. The largest absolute Gasteiger partial charge is 0.471 e. The first-order valence-electron chi connectivity index (χ1n) is 6.55. The fraction of sp³-hybridized carbons (Fsp3) is 0.429. The van der Waals surface area contributed by atoms with Gasteiger partial charge in [0.1, 0.15) is 0 Å². The second-order valence-corrected chi connectivity index (χ2v) is 7.34. The third-order valence-corrected chi connectivity index (χ3v) is 5.00. The normalized spacial score (nSPS) is 12.1. The van der Waals surface area contributed by atoms with E-state index in [0.717, 1.165) is 20.6 Å². The van der Waals surface area contributed by atoms with Gasteiger partial charge in [0.2, 0.25) is 5.82 Å². The van der Waals surface area contributed by atoms with Crippen LogP contribution in [0.3, 0.4) is 0 Å². The van der Waals surface area contributed by atoms with Crippen molar-refractivity contribution in [2.45, 2.75) is 25.8 Å². The first-order chi connectivity index (χ1) is 10.3. The van der Waals surface area contributed by atoms with Gasteiger partial charge in [-0.2, -0.15) is 29.9 Å². The zero-order valence-corrected chi connectivity index (χ0v) is 14.9. The van der Waals surface area contributed by atoms with Crippen LogP contribution in [0.15, 0.2) is 22.7 Å². The highest BCUT2D eigenvalue weighted by Gasteiger charge is 2.38. The molecule has 22 heavy (non-hydrogen) atoms. The monoisotopic (exact) mass is 442 g/mol. The van der Waals surface area contributed by atoms with Crippen LogP contribution in [0.4, 0.5) is 13.2 Å². The Morgan fingerprint density at radius 3 is 2.59 bits per heavy atom. The maximum absolute atomic E-state index is 12.5. The maximum Gasteiger partial charge on any atom is 0.471 e. The molecule has 0 aliphatic rings. The molecule has 0 amide bonds. The Morgan fingerprint density at radius 2 is 2.05 bits per heavy atom. The predicted octanol–water partition coefficient (Wildman–Crippen LogP) is 5.25. The van der Waals surface area contributed by atoms with Gasteiger partial charge in [-0.1, -0.05) is 25.1 Å². The molecule has 0 fully saturated rings. The lowest BCUT2D eigenvalue weighted by Gasteiger charge is -2.06. The molecular weight excluding hydrogens is 428 g/mol. The summed E-state index contributed by atoms with van der Waals surface area (Å²) in [4.78, 5) is 3.41. The minimum absolute atomic E-state index is 0.0434. The van der Waals surface area contributed by atoms with Gasteiger partial charge in [0.05, 0.1) is 0 Å². The molecule has 0 bridgehead atoms. The Balaban J connectivity index is 2.14. The van der Waals surface area contributed by atoms with Crippen molar-refractivity contribution in [1.82, 2.24) is 10.1 Å². The summed E-state index contributed by atoms with van der Waals surface area (Å²) < 4.78 is 42.5. The van der Waals surface area contributed by atoms with Crippen LogP contribution in [0.2, 0.25) is 0 Å². The Hall–Kier alpha value is -0.770. The van der Waals surface area contributed by atoms with E-state index in [-0.39, 0.29) is 5.82 Å². The number of nitrogens with zero attached hydrogens (tertiary/aromatic N) is 2. The smallest absolute Gasteiger partial charge is 0.329 e. The second-order valence-electron chi connectivity index (χ2n) is 5.14. The number of rotatable bonds is 5. The van der Waals surface area contributed by atoms with Crippen molar-refractivity contribution in [3.8, 4) is 11.4 Å². The van der Waals surface area contributed by atoms with Crippen molar-refractivity contribution in [2.24, 2.45) is 5.92 Å². The van der Waals surface area contributed by atoms with Crippen molar-refractivity contribution in [2.75, 3.05) is 5.75 Å². The van der Waals surface area contributed by atoms with Crippen LogP contribution in [-0.4, -0.2) is 15.9 Å². The molecule has 2 rings (SSSR count). The van der Waals surface area contributed by atoms with Crippen molar-refractivity contribution in [3.63, 3.8) is 0 Å². The van der Waals surface area contributed by atoms with E-state index in [9.17, 15) is 13.2 Å². The molecular formula is C14H14F3IN2OS. The van der Waals surface area contributed by atoms with E-state index in [4.69, 9.17) is 0 Å². The minimum Gasteiger partial charge on any atom is -0.329 e. The van der Waals surface area contributed by atoms with Gasteiger partial charge in [0.25, 0.3) is 0 Å². The molecule has 8 heteroatoms. The van der Waals surface area contributed by atoms with Crippen molar-refractivity contribution in [3.05, 3.63) is 33.2 Å². The molecule has 0 unspecified atom stereocenters. The molecule has 2 aromatic rings. The standard InChI is InChI=1S/C14H14F3IN2OS/c1-8(2)6-22-7-9-3-4-10(11(18)5-9)12-19-13(21-20-12)14(15,16)17/h3-5,8H,6-7H2,1-2H3. The lowest BCUT2D eigenvalue weighted by atomic mass is 10.1. The van der Waals surface area contributed by atoms with Gasteiger partial charge in [-0.25, -0.2) is 0 Å². The highest BCUT2D eigenvalue weighted by molar-refractivity contribution is 14.1. The van der Waals surface area contributed by atoms with Crippen LogP contribution in [0.1, 0.15) is 25.3 Å². The van der Waals surface area contributed by atoms with E-state index >= 15 is 0 Å². The summed E-state index contributed by atoms with van der Waals surface area (Å²) in [5.41, 5.74) is 1.66. The zero-order valence-electron chi connectivity index (χ0n) is 11.9. The van der Waals surface area contributed by atoms with Crippen LogP contribution in [-0.2, 0) is 11.9 Å². The molecule has 0 aliphatic heterocycles. The molecule has 0 radical (unpaired) electrons. The molecule has 0 saturated carbocycles. The Bertz CT molecular complexity index is 643. The predicted molar refractivity (Wildman–Crippen MR) is 88.5 cm³/mol. The first-order valence-corrected chi connectivity index (χ1v) is 8.78. The van der Waals surface area contributed by atoms with E-state index in [0.29, 0.717) is 11.5 Å². The van der Waals surface area contributed by atoms with Crippen LogP contribution >= 0.6 is 34.4 Å². The van der Waals surface area contributed by atoms with Gasteiger partial charge in [-0.3, -0.25) is 0 Å². The summed E-state index contributed by atoms with van der Waals surface area (Å²) in [5.74, 6) is 1.20. The molecule has 0 atom stereocenters. The molecule has 120 valence electrons. The third-order valence-electron chi connectivity index (χ3n) is 2.66. The third kappa shape index (κ3) is 4.61. The van der Waals surface area contributed by atoms with Gasteiger partial charge < -0.3 is 4.52 Å². The number of aromatic nitrogens is 2. The summed E-state index contributed by atoms with van der Waals surface area (Å²) in [5, 5.41) is 3.41. The molecule has 0 aliphatic carbocycles. The quantitative estimate of drug-likeness (QED) is 0.594. The van der Waals surface area contributed by atoms with E-state index in [1.165, 1.54) is 0 Å². The first kappa shape index (κ1) is 17.6. The molecule has 1 heterocycles. The highest BCUT2D eigenvalue weighted by atomic mass is 127. The number of hydrogen-bond donors (Lipinski definition) is 0. The Kier molecular flexibility index (Phi) is 5.76. The van der Waals surface area contributed by atoms with E-state index in [1.54, 1.807) is 6.07 Å². The molecule has 0 spiro atoms. The van der Waals surface area contributed by atoms with Crippen molar-refractivity contribution >= 4 is 34.4 Å². The van der Waals surface area contributed by atoms with Gasteiger partial charge in [-0.15, -0.1) is 0 Å². The number of benzene rings is 1. The van der Waals surface area contributed by atoms with Crippen LogP contribution in [0.5, 0.6) is 0 Å². The van der Waals surface area contributed by atoms with Crippen molar-refractivity contribution in [1.29, 1.82) is 0 Å².